The van der Waals surface area contributed by atoms with Crippen molar-refractivity contribution in [2.24, 2.45) is 5.92 Å². The van der Waals surface area contributed by atoms with Crippen LogP contribution in [0.1, 0.15) is 19.8 Å². The molecule has 0 aliphatic heterocycles. The van der Waals surface area contributed by atoms with Gasteiger partial charge in [-0.3, -0.25) is 0 Å². The number of nitrogens with two attached hydrogens (primary N) is 1. The maximum absolute atomic E-state index is 13.1. The van der Waals surface area contributed by atoms with Crippen molar-refractivity contribution >= 4 is 15.7 Å². The molecule has 0 amide bonds. The van der Waals surface area contributed by atoms with Crippen LogP contribution >= 0.6 is 0 Å². The fourth-order valence-electron chi connectivity index (χ4n) is 1.94. The molecule has 1 aromatic carbocycles. The highest BCUT2D eigenvalue weighted by molar-refractivity contribution is 7.89. The molecule has 1 fully saturated rings. The van der Waals surface area contributed by atoms with Gasteiger partial charge in [-0.15, -0.1) is 0 Å². The van der Waals surface area contributed by atoms with Gasteiger partial charge in [0, 0.05) is 13.1 Å². The van der Waals surface area contributed by atoms with Gasteiger partial charge in [-0.25, -0.2) is 12.8 Å². The molecule has 1 atom stereocenters. The highest BCUT2D eigenvalue weighted by Crippen LogP contribution is 2.36. The van der Waals surface area contributed by atoms with Crippen LogP contribution in [0.2, 0.25) is 0 Å². The average Bonchev–Trinajstić information content (AvgIpc) is 3.14. The lowest BCUT2D eigenvalue weighted by molar-refractivity contribution is 0.357. The lowest BCUT2D eigenvalue weighted by Gasteiger charge is -2.24. The Balaban J connectivity index is 2.31. The quantitative estimate of drug-likeness (QED) is 0.850. The van der Waals surface area contributed by atoms with Crippen LogP contribution < -0.4 is 5.73 Å². The van der Waals surface area contributed by atoms with E-state index in [1.54, 1.807) is 7.05 Å². The van der Waals surface area contributed by atoms with Crippen LogP contribution in [0.5, 0.6) is 0 Å². The third-order valence-electron chi connectivity index (χ3n) is 3.52. The first-order chi connectivity index (χ1) is 8.34. The largest absolute Gasteiger partial charge is 0.396 e. The SMILES string of the molecule is CC(C1CC1)N(C)S(=O)(=O)c1ccc(F)c(N)c1. The summed E-state index contributed by atoms with van der Waals surface area (Å²) in [7, 11) is -2.04. The van der Waals surface area contributed by atoms with Crippen LogP contribution in [0.15, 0.2) is 23.1 Å². The molecule has 100 valence electrons. The molecule has 0 saturated heterocycles. The van der Waals surface area contributed by atoms with Gasteiger partial charge in [-0.1, -0.05) is 0 Å². The van der Waals surface area contributed by atoms with E-state index in [1.165, 1.54) is 16.4 Å². The Kier molecular flexibility index (Phi) is 3.33. The summed E-state index contributed by atoms with van der Waals surface area (Å²) in [4.78, 5) is 0.0383. The maximum Gasteiger partial charge on any atom is 0.243 e. The molecule has 18 heavy (non-hydrogen) atoms. The molecule has 2 rings (SSSR count). The molecule has 1 aromatic rings. The molecule has 1 aliphatic rings. The molecule has 0 bridgehead atoms. The van der Waals surface area contributed by atoms with E-state index in [1.807, 2.05) is 6.92 Å². The van der Waals surface area contributed by atoms with Gasteiger partial charge in [0.1, 0.15) is 5.82 Å². The third-order valence-corrected chi connectivity index (χ3v) is 5.46. The zero-order valence-electron chi connectivity index (χ0n) is 10.4. The summed E-state index contributed by atoms with van der Waals surface area (Å²) in [5.74, 6) is -0.172. The van der Waals surface area contributed by atoms with Crippen LogP contribution in [-0.2, 0) is 10.0 Å². The van der Waals surface area contributed by atoms with Crippen molar-refractivity contribution in [3.05, 3.63) is 24.0 Å². The van der Waals surface area contributed by atoms with Gasteiger partial charge in [0.25, 0.3) is 0 Å². The molecule has 1 aliphatic carbocycles. The van der Waals surface area contributed by atoms with E-state index in [9.17, 15) is 12.8 Å². The van der Waals surface area contributed by atoms with E-state index in [0.717, 1.165) is 18.9 Å². The van der Waals surface area contributed by atoms with Crippen LogP contribution in [0, 0.1) is 11.7 Å². The summed E-state index contributed by atoms with van der Waals surface area (Å²) in [5, 5.41) is 0. The number of nitrogen functional groups attached to an aromatic ring is 1. The van der Waals surface area contributed by atoms with Crippen molar-refractivity contribution in [2.75, 3.05) is 12.8 Å². The molecule has 6 heteroatoms. The van der Waals surface area contributed by atoms with Crippen molar-refractivity contribution in [2.45, 2.75) is 30.7 Å². The van der Waals surface area contributed by atoms with Gasteiger partial charge in [-0.2, -0.15) is 4.31 Å². The molecule has 0 aromatic heterocycles. The Morgan fingerprint density at radius 3 is 2.56 bits per heavy atom. The summed E-state index contributed by atoms with van der Waals surface area (Å²) in [6.07, 6.45) is 2.12. The average molecular weight is 272 g/mol. The Morgan fingerprint density at radius 2 is 2.06 bits per heavy atom. The summed E-state index contributed by atoms with van der Waals surface area (Å²) >= 11 is 0. The van der Waals surface area contributed by atoms with E-state index in [4.69, 9.17) is 5.73 Å². The van der Waals surface area contributed by atoms with Gasteiger partial charge in [0.15, 0.2) is 0 Å². The molecular weight excluding hydrogens is 255 g/mol. The fraction of sp³-hybridized carbons (Fsp3) is 0.500. The van der Waals surface area contributed by atoms with Gasteiger partial charge in [0.05, 0.1) is 10.6 Å². The smallest absolute Gasteiger partial charge is 0.243 e. The summed E-state index contributed by atoms with van der Waals surface area (Å²) in [6.45, 7) is 1.89. The van der Waals surface area contributed by atoms with Gasteiger partial charge in [0.2, 0.25) is 10.0 Å². The Bertz CT molecular complexity index is 555. The van der Waals surface area contributed by atoms with E-state index >= 15 is 0 Å². The monoisotopic (exact) mass is 272 g/mol. The lowest BCUT2D eigenvalue weighted by atomic mass is 10.2. The molecule has 0 radical (unpaired) electrons. The highest BCUT2D eigenvalue weighted by Gasteiger charge is 2.36. The fourth-order valence-corrected chi connectivity index (χ4v) is 3.40. The molecular formula is C12H17FN2O2S. The summed E-state index contributed by atoms with van der Waals surface area (Å²) in [6, 6.07) is 3.46. The number of hydrogen-bond acceptors (Lipinski definition) is 3. The zero-order valence-corrected chi connectivity index (χ0v) is 11.2. The van der Waals surface area contributed by atoms with E-state index in [0.29, 0.717) is 5.92 Å². The number of halogens is 1. The van der Waals surface area contributed by atoms with Gasteiger partial charge >= 0.3 is 0 Å². The first-order valence-electron chi connectivity index (χ1n) is 5.87. The second-order valence-electron chi connectivity index (χ2n) is 4.78. The van der Waals surface area contributed by atoms with Gasteiger partial charge < -0.3 is 5.73 Å². The number of nitrogens with zero attached hydrogens (tertiary/aromatic N) is 1. The molecule has 1 unspecified atom stereocenters. The normalized spacial score (nSPS) is 18.0. The van der Waals surface area contributed by atoms with E-state index in [2.05, 4.69) is 0 Å². The van der Waals surface area contributed by atoms with Crippen LogP contribution in [0.25, 0.3) is 0 Å². The van der Waals surface area contributed by atoms with Crippen LogP contribution in [0.3, 0.4) is 0 Å². The second-order valence-corrected chi connectivity index (χ2v) is 6.78. The highest BCUT2D eigenvalue weighted by atomic mass is 32.2. The number of sulfonamides is 1. The minimum absolute atomic E-state index is 0.0383. The topological polar surface area (TPSA) is 63.4 Å². The molecule has 0 spiro atoms. The summed E-state index contributed by atoms with van der Waals surface area (Å²) in [5.41, 5.74) is 5.26. The molecule has 0 heterocycles. The Hall–Kier alpha value is -1.14. The minimum Gasteiger partial charge on any atom is -0.396 e. The van der Waals surface area contributed by atoms with Crippen molar-refractivity contribution < 1.29 is 12.8 Å². The second kappa shape index (κ2) is 4.51. The number of benzene rings is 1. The van der Waals surface area contributed by atoms with Gasteiger partial charge in [-0.05, 0) is 43.9 Å². The van der Waals surface area contributed by atoms with Crippen molar-refractivity contribution in [3.63, 3.8) is 0 Å². The predicted octanol–water partition coefficient (Wildman–Crippen LogP) is 1.83. The third kappa shape index (κ3) is 2.35. The van der Waals surface area contributed by atoms with Crippen LogP contribution in [-0.4, -0.2) is 25.8 Å². The van der Waals surface area contributed by atoms with Crippen LogP contribution in [0.4, 0.5) is 10.1 Å². The number of rotatable bonds is 4. The van der Waals surface area contributed by atoms with Crippen molar-refractivity contribution in [1.29, 1.82) is 0 Å². The predicted molar refractivity (Wildman–Crippen MR) is 67.9 cm³/mol. The van der Waals surface area contributed by atoms with E-state index < -0.39 is 15.8 Å². The number of hydrogen-bond donors (Lipinski definition) is 1. The van der Waals surface area contributed by atoms with Crippen molar-refractivity contribution in [3.8, 4) is 0 Å². The van der Waals surface area contributed by atoms with Crippen molar-refractivity contribution in [1.82, 2.24) is 4.31 Å². The summed E-state index contributed by atoms with van der Waals surface area (Å²) < 4.78 is 39.0. The Labute approximate surface area is 107 Å². The zero-order chi connectivity index (χ0) is 13.5. The molecule has 2 N–H and O–H groups in total. The number of anilines is 1. The minimum atomic E-state index is -3.60. The standard InChI is InChI=1S/C12H17FN2O2S/c1-8(9-3-4-9)15(2)18(16,17)10-5-6-11(13)12(14)7-10/h5-9H,3-4,14H2,1-2H3. The van der Waals surface area contributed by atoms with E-state index in [-0.39, 0.29) is 16.6 Å². The first-order valence-corrected chi connectivity index (χ1v) is 7.31. The molecule has 1 saturated carbocycles. The Morgan fingerprint density at radius 1 is 1.44 bits per heavy atom. The molecule has 4 nitrogen and oxygen atoms in total. The lowest BCUT2D eigenvalue weighted by Crippen LogP contribution is -2.36. The first kappa shape index (κ1) is 13.3. The maximum atomic E-state index is 13.1.